The second-order valence-electron chi connectivity index (χ2n) is 4.23. The predicted molar refractivity (Wildman–Crippen MR) is 67.0 cm³/mol. The molecule has 1 atom stereocenters. The van der Waals surface area contributed by atoms with Crippen LogP contribution in [0.5, 0.6) is 5.75 Å². The molecule has 1 aliphatic heterocycles. The maximum atomic E-state index is 12.0. The zero-order chi connectivity index (χ0) is 12.7. The Morgan fingerprint density at radius 1 is 1.44 bits per heavy atom. The molecule has 2 heterocycles. The van der Waals surface area contributed by atoms with Gasteiger partial charge < -0.3 is 9.30 Å². The summed E-state index contributed by atoms with van der Waals surface area (Å²) < 4.78 is 7.55. The first kappa shape index (κ1) is 11.3. The van der Waals surface area contributed by atoms with Crippen LogP contribution in [0.1, 0.15) is 28.7 Å². The molecule has 0 spiro atoms. The van der Waals surface area contributed by atoms with E-state index in [9.17, 15) is 4.79 Å². The molecule has 0 saturated heterocycles. The van der Waals surface area contributed by atoms with Gasteiger partial charge in [-0.2, -0.15) is 0 Å². The Morgan fingerprint density at radius 3 is 2.94 bits per heavy atom. The molecule has 5 heteroatoms. The molecule has 0 N–H and O–H groups in total. The molecule has 4 nitrogen and oxygen atoms in total. The highest BCUT2D eigenvalue weighted by Crippen LogP contribution is 2.34. The molecule has 1 aliphatic rings. The zero-order valence-electron chi connectivity index (χ0n) is 9.76. The number of nitrogens with zero attached hydrogens (tertiary/aromatic N) is 2. The lowest BCUT2D eigenvalue weighted by molar-refractivity contribution is 0.0835. The van der Waals surface area contributed by atoms with Crippen LogP contribution in [0.25, 0.3) is 0 Å². The van der Waals surface area contributed by atoms with Crippen LogP contribution in [0.4, 0.5) is 0 Å². The van der Waals surface area contributed by atoms with E-state index < -0.39 is 0 Å². The Balaban J connectivity index is 1.99. The fourth-order valence-electron chi connectivity index (χ4n) is 2.12. The normalized spacial score (nSPS) is 18.3. The number of fused-ring (bicyclic) bond motifs is 1. The maximum Gasteiger partial charge on any atom is 0.170 e. The minimum absolute atomic E-state index is 0.0703. The van der Waals surface area contributed by atoms with Crippen molar-refractivity contribution in [1.29, 1.82) is 0 Å². The van der Waals surface area contributed by atoms with Gasteiger partial charge in [-0.05, 0) is 12.1 Å². The molecule has 92 valence electrons. The van der Waals surface area contributed by atoms with Crippen molar-refractivity contribution < 1.29 is 9.53 Å². The van der Waals surface area contributed by atoms with E-state index in [1.165, 1.54) is 0 Å². The van der Waals surface area contributed by atoms with E-state index in [0.717, 1.165) is 0 Å². The van der Waals surface area contributed by atoms with Gasteiger partial charge in [0.05, 0.1) is 18.2 Å². The molecule has 1 aromatic carbocycles. The zero-order valence-corrected chi connectivity index (χ0v) is 10.5. The average molecular weight is 263 g/mol. The minimum atomic E-state index is -0.370. The Kier molecular flexibility index (Phi) is 2.59. The van der Waals surface area contributed by atoms with Gasteiger partial charge in [-0.15, -0.1) is 0 Å². The van der Waals surface area contributed by atoms with Crippen LogP contribution >= 0.6 is 11.6 Å². The van der Waals surface area contributed by atoms with Crippen LogP contribution in [0.2, 0.25) is 5.15 Å². The highest BCUT2D eigenvalue weighted by Gasteiger charge is 2.30. The standard InChI is InChI=1S/C13H11ClN2O2/c1-16-12(14)7-15-13(16)11-6-9(17)8-4-2-3-5-10(8)18-11/h2-5,7,11H,6H2,1H3/t11-/m1/s1. The SMILES string of the molecule is Cn1c(Cl)cnc1[C@H]1CC(=O)c2ccccc2O1. The number of halogens is 1. The number of ether oxygens (including phenoxy) is 1. The summed E-state index contributed by atoms with van der Waals surface area (Å²) in [5, 5.41) is 0.528. The van der Waals surface area contributed by atoms with E-state index in [0.29, 0.717) is 22.3 Å². The van der Waals surface area contributed by atoms with Gasteiger partial charge in [-0.1, -0.05) is 23.7 Å². The summed E-state index contributed by atoms with van der Waals surface area (Å²) in [7, 11) is 1.80. The second kappa shape index (κ2) is 4.14. The number of para-hydroxylation sites is 1. The van der Waals surface area contributed by atoms with Crippen molar-refractivity contribution in [2.24, 2.45) is 7.05 Å². The van der Waals surface area contributed by atoms with Gasteiger partial charge in [0.2, 0.25) is 0 Å². The molecule has 2 aromatic rings. The van der Waals surface area contributed by atoms with Crippen molar-refractivity contribution in [1.82, 2.24) is 9.55 Å². The van der Waals surface area contributed by atoms with E-state index >= 15 is 0 Å². The van der Waals surface area contributed by atoms with Crippen molar-refractivity contribution >= 4 is 17.4 Å². The molecule has 0 saturated carbocycles. The number of carbonyl (C=O) groups is 1. The van der Waals surface area contributed by atoms with Gasteiger partial charge >= 0.3 is 0 Å². The number of Topliss-reactive ketones (excluding diaryl/α,β-unsaturated/α-hetero) is 1. The summed E-state index contributed by atoms with van der Waals surface area (Å²) >= 11 is 5.95. The number of carbonyl (C=O) groups excluding carboxylic acids is 1. The number of hydrogen-bond acceptors (Lipinski definition) is 3. The van der Waals surface area contributed by atoms with Crippen molar-refractivity contribution in [3.8, 4) is 5.75 Å². The van der Waals surface area contributed by atoms with E-state index in [4.69, 9.17) is 16.3 Å². The quantitative estimate of drug-likeness (QED) is 0.794. The first-order chi connectivity index (χ1) is 8.66. The summed E-state index contributed by atoms with van der Waals surface area (Å²) in [6.45, 7) is 0. The number of imidazole rings is 1. The molecule has 0 amide bonds. The molecule has 0 fully saturated rings. The lowest BCUT2D eigenvalue weighted by atomic mass is 10.0. The van der Waals surface area contributed by atoms with Crippen LogP contribution in [-0.4, -0.2) is 15.3 Å². The molecule has 0 radical (unpaired) electrons. The molecule has 18 heavy (non-hydrogen) atoms. The van der Waals surface area contributed by atoms with Gasteiger partial charge in [-0.3, -0.25) is 4.79 Å². The molecule has 1 aromatic heterocycles. The van der Waals surface area contributed by atoms with Crippen LogP contribution in [-0.2, 0) is 7.05 Å². The summed E-state index contributed by atoms with van der Waals surface area (Å²) in [4.78, 5) is 16.2. The van der Waals surface area contributed by atoms with Crippen molar-refractivity contribution in [3.05, 3.63) is 47.0 Å². The second-order valence-corrected chi connectivity index (χ2v) is 4.62. The third kappa shape index (κ3) is 1.69. The molecule has 0 aliphatic carbocycles. The third-order valence-electron chi connectivity index (χ3n) is 3.08. The number of hydrogen-bond donors (Lipinski definition) is 0. The summed E-state index contributed by atoms with van der Waals surface area (Å²) in [5.74, 6) is 1.35. The number of ketones is 1. The smallest absolute Gasteiger partial charge is 0.170 e. The fraction of sp³-hybridized carbons (Fsp3) is 0.231. The first-order valence-corrected chi connectivity index (χ1v) is 6.00. The van der Waals surface area contributed by atoms with E-state index in [-0.39, 0.29) is 18.3 Å². The highest BCUT2D eigenvalue weighted by atomic mass is 35.5. The average Bonchev–Trinajstić information content (AvgIpc) is 2.70. The number of benzene rings is 1. The van der Waals surface area contributed by atoms with E-state index in [2.05, 4.69) is 4.98 Å². The van der Waals surface area contributed by atoms with Gasteiger partial charge in [-0.25, -0.2) is 4.98 Å². The van der Waals surface area contributed by atoms with E-state index in [1.807, 2.05) is 12.1 Å². The Bertz CT molecular complexity index is 621. The summed E-state index contributed by atoms with van der Waals surface area (Å²) in [6, 6.07) is 7.25. The Hall–Kier alpha value is -1.81. The van der Waals surface area contributed by atoms with Crippen LogP contribution in [0.3, 0.4) is 0 Å². The number of aromatic nitrogens is 2. The van der Waals surface area contributed by atoms with Gasteiger partial charge in [0.15, 0.2) is 17.7 Å². The topological polar surface area (TPSA) is 44.1 Å². The number of rotatable bonds is 1. The predicted octanol–water partition coefficient (Wildman–Crippen LogP) is 2.78. The molecular weight excluding hydrogens is 252 g/mol. The molecule has 0 bridgehead atoms. The van der Waals surface area contributed by atoms with Crippen molar-refractivity contribution in [2.75, 3.05) is 0 Å². The van der Waals surface area contributed by atoms with E-state index in [1.54, 1.807) is 29.9 Å². The summed E-state index contributed by atoms with van der Waals surface area (Å²) in [6.07, 6.45) is 1.48. The minimum Gasteiger partial charge on any atom is -0.481 e. The fourth-order valence-corrected chi connectivity index (χ4v) is 2.25. The largest absolute Gasteiger partial charge is 0.481 e. The lowest BCUT2D eigenvalue weighted by Gasteiger charge is -2.24. The van der Waals surface area contributed by atoms with Crippen LogP contribution in [0, 0.1) is 0 Å². The first-order valence-electron chi connectivity index (χ1n) is 5.63. The maximum absolute atomic E-state index is 12.0. The van der Waals surface area contributed by atoms with Gasteiger partial charge in [0.25, 0.3) is 0 Å². The molecule has 3 rings (SSSR count). The van der Waals surface area contributed by atoms with Gasteiger partial charge in [0.1, 0.15) is 10.9 Å². The summed E-state index contributed by atoms with van der Waals surface area (Å²) in [5.41, 5.74) is 0.633. The van der Waals surface area contributed by atoms with Crippen molar-refractivity contribution in [2.45, 2.75) is 12.5 Å². The molecular formula is C13H11ClN2O2. The highest BCUT2D eigenvalue weighted by molar-refractivity contribution is 6.29. The Labute approximate surface area is 109 Å². The monoisotopic (exact) mass is 262 g/mol. The Morgan fingerprint density at radius 2 is 2.22 bits per heavy atom. The van der Waals surface area contributed by atoms with Crippen molar-refractivity contribution in [3.63, 3.8) is 0 Å². The van der Waals surface area contributed by atoms with Crippen LogP contribution in [0.15, 0.2) is 30.5 Å². The van der Waals surface area contributed by atoms with Crippen LogP contribution < -0.4 is 4.74 Å². The molecule has 0 unspecified atom stereocenters. The third-order valence-corrected chi connectivity index (χ3v) is 3.43. The van der Waals surface area contributed by atoms with Gasteiger partial charge in [0, 0.05) is 7.05 Å². The lowest BCUT2D eigenvalue weighted by Crippen LogP contribution is -2.22.